The lowest BCUT2D eigenvalue weighted by molar-refractivity contribution is -0.131. The van der Waals surface area contributed by atoms with Gasteiger partial charge in [0, 0.05) is 24.4 Å². The van der Waals surface area contributed by atoms with Gasteiger partial charge in [-0.2, -0.15) is 0 Å². The van der Waals surface area contributed by atoms with Gasteiger partial charge in [-0.3, -0.25) is 9.59 Å². The SMILES string of the molecule is CCCn1c(O)c(N=NC(=O)[C@H]2C(=O)NC[C@H]2c2ccccc2)c2ccccc21. The number of hydrogen-bond acceptors (Lipinski definition) is 4. The number of aryl methyl sites for hydroxylation is 1. The molecule has 1 aliphatic heterocycles. The lowest BCUT2D eigenvalue weighted by atomic mass is 9.88. The molecule has 2 amide bonds. The Kier molecular flexibility index (Phi) is 5.12. The van der Waals surface area contributed by atoms with Crippen LogP contribution in [0.3, 0.4) is 0 Å². The second-order valence-electron chi connectivity index (χ2n) is 7.12. The number of benzene rings is 2. The molecule has 1 aromatic heterocycles. The summed E-state index contributed by atoms with van der Waals surface area (Å²) in [7, 11) is 0. The first-order valence-corrected chi connectivity index (χ1v) is 9.70. The molecule has 1 fully saturated rings. The smallest absolute Gasteiger partial charge is 0.277 e. The summed E-state index contributed by atoms with van der Waals surface area (Å²) in [5, 5.41) is 22.0. The highest BCUT2D eigenvalue weighted by atomic mass is 16.3. The maximum absolute atomic E-state index is 12.8. The van der Waals surface area contributed by atoms with E-state index in [4.69, 9.17) is 0 Å². The van der Waals surface area contributed by atoms with Gasteiger partial charge in [0.15, 0.2) is 5.69 Å². The molecule has 148 valence electrons. The Bertz CT molecular complexity index is 1090. The normalized spacial score (nSPS) is 19.1. The van der Waals surface area contributed by atoms with Gasteiger partial charge in [0.1, 0.15) is 5.92 Å². The summed E-state index contributed by atoms with van der Waals surface area (Å²) >= 11 is 0. The molecule has 0 spiro atoms. The Morgan fingerprint density at radius 3 is 2.66 bits per heavy atom. The second-order valence-corrected chi connectivity index (χ2v) is 7.12. The molecule has 1 saturated heterocycles. The first-order chi connectivity index (χ1) is 14.1. The van der Waals surface area contributed by atoms with Crippen molar-refractivity contribution in [2.24, 2.45) is 16.1 Å². The number of carbonyl (C=O) groups excluding carboxylic acids is 2. The lowest BCUT2D eigenvalue weighted by Gasteiger charge is -2.13. The van der Waals surface area contributed by atoms with E-state index in [2.05, 4.69) is 15.5 Å². The van der Waals surface area contributed by atoms with Crippen molar-refractivity contribution in [3.63, 3.8) is 0 Å². The largest absolute Gasteiger partial charge is 0.493 e. The number of azo groups is 1. The van der Waals surface area contributed by atoms with E-state index in [1.165, 1.54) is 0 Å². The van der Waals surface area contributed by atoms with E-state index in [0.717, 1.165) is 17.5 Å². The van der Waals surface area contributed by atoms with Crippen molar-refractivity contribution in [2.75, 3.05) is 6.54 Å². The van der Waals surface area contributed by atoms with Gasteiger partial charge in [-0.15, -0.1) is 10.2 Å². The fourth-order valence-corrected chi connectivity index (χ4v) is 3.90. The van der Waals surface area contributed by atoms with Crippen LogP contribution in [0, 0.1) is 5.92 Å². The Morgan fingerprint density at radius 2 is 1.90 bits per heavy atom. The van der Waals surface area contributed by atoms with E-state index in [-0.39, 0.29) is 23.4 Å². The summed E-state index contributed by atoms with van der Waals surface area (Å²) in [6, 6.07) is 16.9. The van der Waals surface area contributed by atoms with E-state index in [1.54, 1.807) is 4.57 Å². The number of aromatic nitrogens is 1. The molecule has 0 aliphatic carbocycles. The molecule has 7 nitrogen and oxygen atoms in total. The number of nitrogens with zero attached hydrogens (tertiary/aromatic N) is 3. The van der Waals surface area contributed by atoms with E-state index >= 15 is 0 Å². The summed E-state index contributed by atoms with van der Waals surface area (Å²) in [6.07, 6.45) is 0.836. The molecule has 3 aromatic rings. The zero-order valence-corrected chi connectivity index (χ0v) is 16.1. The van der Waals surface area contributed by atoms with Crippen LogP contribution in [-0.4, -0.2) is 28.0 Å². The highest BCUT2D eigenvalue weighted by molar-refractivity contribution is 6.03. The van der Waals surface area contributed by atoms with E-state index in [0.29, 0.717) is 18.5 Å². The van der Waals surface area contributed by atoms with Crippen molar-refractivity contribution < 1.29 is 14.7 Å². The van der Waals surface area contributed by atoms with E-state index < -0.39 is 11.8 Å². The maximum atomic E-state index is 12.8. The van der Waals surface area contributed by atoms with Crippen LogP contribution in [0.15, 0.2) is 64.8 Å². The molecule has 2 N–H and O–H groups in total. The summed E-state index contributed by atoms with van der Waals surface area (Å²) in [4.78, 5) is 25.1. The first-order valence-electron chi connectivity index (χ1n) is 9.70. The van der Waals surface area contributed by atoms with Gasteiger partial charge in [0.25, 0.3) is 5.91 Å². The molecular formula is C22H22N4O3. The summed E-state index contributed by atoms with van der Waals surface area (Å²) in [5.41, 5.74) is 1.98. The number of amides is 2. The molecule has 2 heterocycles. The number of rotatable bonds is 5. The topological polar surface area (TPSA) is 96.0 Å². The Hall–Kier alpha value is -3.48. The lowest BCUT2D eigenvalue weighted by Crippen LogP contribution is -2.25. The van der Waals surface area contributed by atoms with Crippen LogP contribution in [0.2, 0.25) is 0 Å². The highest BCUT2D eigenvalue weighted by Crippen LogP contribution is 2.39. The van der Waals surface area contributed by atoms with Crippen molar-refractivity contribution in [2.45, 2.75) is 25.8 Å². The van der Waals surface area contributed by atoms with Crippen LogP contribution in [0.25, 0.3) is 10.9 Å². The fourth-order valence-electron chi connectivity index (χ4n) is 3.90. The van der Waals surface area contributed by atoms with Gasteiger partial charge in [0.2, 0.25) is 11.8 Å². The number of fused-ring (bicyclic) bond motifs is 1. The van der Waals surface area contributed by atoms with Gasteiger partial charge in [-0.25, -0.2) is 0 Å². The molecule has 1 aliphatic rings. The molecule has 0 radical (unpaired) electrons. The third-order valence-corrected chi connectivity index (χ3v) is 5.29. The van der Waals surface area contributed by atoms with Gasteiger partial charge in [-0.1, -0.05) is 55.5 Å². The van der Waals surface area contributed by atoms with E-state index in [1.807, 2.05) is 61.5 Å². The van der Waals surface area contributed by atoms with Crippen LogP contribution in [0.4, 0.5) is 5.69 Å². The fraction of sp³-hybridized carbons (Fsp3) is 0.273. The van der Waals surface area contributed by atoms with Crippen LogP contribution in [0.5, 0.6) is 5.88 Å². The number of para-hydroxylation sites is 1. The van der Waals surface area contributed by atoms with Crippen LogP contribution in [0.1, 0.15) is 24.8 Å². The average Bonchev–Trinajstić information content (AvgIpc) is 3.25. The highest BCUT2D eigenvalue weighted by Gasteiger charge is 2.41. The van der Waals surface area contributed by atoms with Crippen molar-refractivity contribution >= 4 is 28.4 Å². The zero-order chi connectivity index (χ0) is 20.4. The third kappa shape index (κ3) is 3.40. The quantitative estimate of drug-likeness (QED) is 0.511. The molecule has 2 atom stereocenters. The molecule has 2 aromatic carbocycles. The molecule has 0 saturated carbocycles. The first kappa shape index (κ1) is 18.9. The number of aromatic hydroxyl groups is 1. The molecule has 4 rings (SSSR count). The zero-order valence-electron chi connectivity index (χ0n) is 16.1. The molecule has 7 heteroatoms. The second kappa shape index (κ2) is 7.87. The van der Waals surface area contributed by atoms with E-state index in [9.17, 15) is 14.7 Å². The van der Waals surface area contributed by atoms with Crippen LogP contribution >= 0.6 is 0 Å². The Labute approximate surface area is 168 Å². The van der Waals surface area contributed by atoms with Gasteiger partial charge in [0.05, 0.1) is 5.52 Å². The van der Waals surface area contributed by atoms with Crippen molar-refractivity contribution in [3.05, 3.63) is 60.2 Å². The van der Waals surface area contributed by atoms with Crippen molar-refractivity contribution in [1.29, 1.82) is 0 Å². The minimum Gasteiger partial charge on any atom is -0.493 e. The van der Waals surface area contributed by atoms with Crippen LogP contribution in [-0.2, 0) is 16.1 Å². The Morgan fingerprint density at radius 1 is 1.17 bits per heavy atom. The minimum absolute atomic E-state index is 0.0277. The summed E-state index contributed by atoms with van der Waals surface area (Å²) in [5.74, 6) is -2.20. The van der Waals surface area contributed by atoms with Gasteiger partial charge < -0.3 is 15.0 Å². The monoisotopic (exact) mass is 390 g/mol. The third-order valence-electron chi connectivity index (χ3n) is 5.29. The van der Waals surface area contributed by atoms with Gasteiger partial charge >= 0.3 is 0 Å². The van der Waals surface area contributed by atoms with Crippen molar-refractivity contribution in [3.8, 4) is 5.88 Å². The minimum atomic E-state index is -0.924. The summed E-state index contributed by atoms with van der Waals surface area (Å²) < 4.78 is 1.75. The predicted octanol–water partition coefficient (Wildman–Crippen LogP) is 3.90. The Balaban J connectivity index is 1.66. The molecule has 0 bridgehead atoms. The molecule has 0 unspecified atom stereocenters. The van der Waals surface area contributed by atoms with Crippen molar-refractivity contribution in [1.82, 2.24) is 9.88 Å². The average molecular weight is 390 g/mol. The number of hydrogen-bond donors (Lipinski definition) is 2. The summed E-state index contributed by atoms with van der Waals surface area (Å²) in [6.45, 7) is 3.02. The molecular weight excluding hydrogens is 368 g/mol. The van der Waals surface area contributed by atoms with Gasteiger partial charge in [-0.05, 0) is 18.1 Å². The predicted molar refractivity (Wildman–Crippen MR) is 109 cm³/mol. The molecule has 29 heavy (non-hydrogen) atoms. The number of nitrogens with one attached hydrogen (secondary N) is 1. The van der Waals surface area contributed by atoms with Crippen LogP contribution < -0.4 is 5.32 Å². The number of carbonyl (C=O) groups is 2. The standard InChI is InChI=1S/C22H22N4O3/c1-2-12-26-17-11-7-6-10-15(17)19(22(26)29)24-25-21(28)18-16(13-23-20(18)27)14-8-4-3-5-9-14/h3-11,16,18,29H,2,12-13H2,1H3,(H,23,27)/t16-,18+/m0/s1. The maximum Gasteiger partial charge on any atom is 0.277 e.